The molecular formula is C17H19FN2O4. The summed E-state index contributed by atoms with van der Waals surface area (Å²) in [4.78, 5) is 37.4. The van der Waals surface area contributed by atoms with Gasteiger partial charge in [-0.05, 0) is 37.0 Å². The minimum absolute atomic E-state index is 0.0159. The molecule has 1 heterocycles. The van der Waals surface area contributed by atoms with Crippen LogP contribution in [0.15, 0.2) is 24.3 Å². The molecule has 2 atom stereocenters. The molecule has 0 spiro atoms. The second-order valence-corrected chi connectivity index (χ2v) is 6.52. The zero-order valence-electron chi connectivity index (χ0n) is 13.1. The Bertz CT molecular complexity index is 693. The van der Waals surface area contributed by atoms with Crippen LogP contribution in [0.25, 0.3) is 0 Å². The van der Waals surface area contributed by atoms with Gasteiger partial charge in [0, 0.05) is 18.7 Å². The van der Waals surface area contributed by atoms with Gasteiger partial charge in [0.25, 0.3) is 5.91 Å². The first-order chi connectivity index (χ1) is 11.4. The summed E-state index contributed by atoms with van der Waals surface area (Å²) in [7, 11) is 0. The molecule has 1 aromatic rings. The summed E-state index contributed by atoms with van der Waals surface area (Å²) in [5.74, 6) is -2.23. The molecule has 0 bridgehead atoms. The predicted octanol–water partition coefficient (Wildman–Crippen LogP) is 1.27. The molecule has 0 aromatic heterocycles. The van der Waals surface area contributed by atoms with Crippen LogP contribution < -0.4 is 5.32 Å². The van der Waals surface area contributed by atoms with Gasteiger partial charge in [0.15, 0.2) is 0 Å². The average Bonchev–Trinajstić information content (AvgIpc) is 3.10. The highest BCUT2D eigenvalue weighted by atomic mass is 19.1. The fourth-order valence-electron chi connectivity index (χ4n) is 3.83. The molecule has 1 aromatic carbocycles. The third-order valence-corrected chi connectivity index (χ3v) is 5.14. The van der Waals surface area contributed by atoms with Crippen LogP contribution in [-0.4, -0.2) is 47.4 Å². The largest absolute Gasteiger partial charge is 0.481 e. The molecule has 1 saturated heterocycles. The second kappa shape index (κ2) is 6.22. The van der Waals surface area contributed by atoms with Crippen LogP contribution in [0, 0.1) is 17.2 Å². The van der Waals surface area contributed by atoms with E-state index in [4.69, 9.17) is 0 Å². The van der Waals surface area contributed by atoms with Crippen molar-refractivity contribution in [1.82, 2.24) is 10.2 Å². The number of likely N-dealkylation sites (tertiary alicyclic amines) is 1. The number of benzene rings is 1. The highest BCUT2D eigenvalue weighted by molar-refractivity contribution is 5.96. The molecule has 0 radical (unpaired) electrons. The lowest BCUT2D eigenvalue weighted by atomic mass is 9.81. The van der Waals surface area contributed by atoms with Crippen molar-refractivity contribution in [3.8, 4) is 0 Å². The quantitative estimate of drug-likeness (QED) is 0.868. The molecule has 2 fully saturated rings. The van der Waals surface area contributed by atoms with E-state index < -0.39 is 23.1 Å². The lowest BCUT2D eigenvalue weighted by Crippen LogP contribution is -2.41. The molecule has 1 aliphatic carbocycles. The maximum absolute atomic E-state index is 13.1. The summed E-state index contributed by atoms with van der Waals surface area (Å²) in [6, 6.07) is 5.21. The molecule has 2 amide bonds. The zero-order valence-corrected chi connectivity index (χ0v) is 13.1. The topological polar surface area (TPSA) is 86.7 Å². The van der Waals surface area contributed by atoms with Crippen molar-refractivity contribution in [2.24, 2.45) is 11.3 Å². The van der Waals surface area contributed by atoms with Gasteiger partial charge >= 0.3 is 5.97 Å². The third kappa shape index (κ3) is 2.86. The van der Waals surface area contributed by atoms with Gasteiger partial charge in [0.05, 0.1) is 12.0 Å². The molecule has 1 aliphatic heterocycles. The van der Waals surface area contributed by atoms with E-state index in [1.807, 2.05) is 0 Å². The molecule has 3 rings (SSSR count). The highest BCUT2D eigenvalue weighted by Crippen LogP contribution is 2.48. The summed E-state index contributed by atoms with van der Waals surface area (Å²) >= 11 is 0. The number of carbonyl (C=O) groups is 3. The fraction of sp³-hybridized carbons (Fsp3) is 0.471. The Hall–Kier alpha value is -2.44. The van der Waals surface area contributed by atoms with Crippen molar-refractivity contribution < 1.29 is 23.9 Å². The Kier molecular flexibility index (Phi) is 4.26. The van der Waals surface area contributed by atoms with Gasteiger partial charge in [0.1, 0.15) is 5.82 Å². The number of amides is 2. The summed E-state index contributed by atoms with van der Waals surface area (Å²) in [6.07, 6.45) is 2.27. The van der Waals surface area contributed by atoms with Gasteiger partial charge in [-0.3, -0.25) is 14.4 Å². The summed E-state index contributed by atoms with van der Waals surface area (Å²) < 4.78 is 13.1. The van der Waals surface area contributed by atoms with Gasteiger partial charge in [-0.2, -0.15) is 0 Å². The van der Waals surface area contributed by atoms with E-state index >= 15 is 0 Å². The number of carboxylic acids is 1. The minimum Gasteiger partial charge on any atom is -0.481 e. The standard InChI is InChI=1S/C17H19FN2O4/c18-13-5-1-3-11(7-13)15(22)19-8-14(21)20-9-12-4-2-6-17(12,10-20)16(23)24/h1,3,5,7,12H,2,4,6,8-10H2,(H,19,22)(H,23,24)/t12-,17+/m0/s1. The number of fused-ring (bicyclic) bond motifs is 1. The lowest BCUT2D eigenvalue weighted by Gasteiger charge is -2.23. The van der Waals surface area contributed by atoms with Gasteiger partial charge in [-0.25, -0.2) is 4.39 Å². The van der Waals surface area contributed by atoms with Crippen molar-refractivity contribution in [1.29, 1.82) is 0 Å². The number of hydrogen-bond acceptors (Lipinski definition) is 3. The number of halogens is 1. The number of rotatable bonds is 4. The number of hydrogen-bond donors (Lipinski definition) is 2. The molecule has 128 valence electrons. The Morgan fingerprint density at radius 2 is 2.17 bits per heavy atom. The number of nitrogens with one attached hydrogen (secondary N) is 1. The number of aliphatic carboxylic acids is 1. The van der Waals surface area contributed by atoms with Crippen LogP contribution in [0.3, 0.4) is 0 Å². The third-order valence-electron chi connectivity index (χ3n) is 5.14. The molecule has 1 saturated carbocycles. The van der Waals surface area contributed by atoms with E-state index in [0.717, 1.165) is 18.9 Å². The Morgan fingerprint density at radius 3 is 2.83 bits per heavy atom. The van der Waals surface area contributed by atoms with Crippen molar-refractivity contribution in [3.05, 3.63) is 35.6 Å². The van der Waals surface area contributed by atoms with E-state index in [1.54, 1.807) is 0 Å². The van der Waals surface area contributed by atoms with Crippen molar-refractivity contribution in [2.45, 2.75) is 19.3 Å². The van der Waals surface area contributed by atoms with Gasteiger partial charge in [0.2, 0.25) is 5.91 Å². The van der Waals surface area contributed by atoms with Crippen LogP contribution in [0.2, 0.25) is 0 Å². The van der Waals surface area contributed by atoms with Crippen molar-refractivity contribution in [2.75, 3.05) is 19.6 Å². The van der Waals surface area contributed by atoms with Gasteiger partial charge in [-0.1, -0.05) is 12.5 Å². The van der Waals surface area contributed by atoms with Crippen molar-refractivity contribution >= 4 is 17.8 Å². The number of carboxylic acid groups (broad SMARTS) is 1. The maximum Gasteiger partial charge on any atom is 0.311 e. The van der Waals surface area contributed by atoms with E-state index in [2.05, 4.69) is 5.32 Å². The first kappa shape index (κ1) is 16.4. The first-order valence-electron chi connectivity index (χ1n) is 7.97. The van der Waals surface area contributed by atoms with Crippen LogP contribution in [0.5, 0.6) is 0 Å². The van der Waals surface area contributed by atoms with Crippen LogP contribution >= 0.6 is 0 Å². The lowest BCUT2D eigenvalue weighted by molar-refractivity contribution is -0.149. The Morgan fingerprint density at radius 1 is 1.38 bits per heavy atom. The van der Waals surface area contributed by atoms with Gasteiger partial charge < -0.3 is 15.3 Å². The maximum atomic E-state index is 13.1. The van der Waals surface area contributed by atoms with Crippen LogP contribution in [0.4, 0.5) is 4.39 Å². The van der Waals surface area contributed by atoms with Crippen LogP contribution in [-0.2, 0) is 9.59 Å². The van der Waals surface area contributed by atoms with E-state index in [-0.39, 0.29) is 30.5 Å². The highest BCUT2D eigenvalue weighted by Gasteiger charge is 2.55. The molecular weight excluding hydrogens is 315 g/mol. The van der Waals surface area contributed by atoms with E-state index in [9.17, 15) is 23.9 Å². The minimum atomic E-state index is -0.843. The molecule has 24 heavy (non-hydrogen) atoms. The zero-order chi connectivity index (χ0) is 17.3. The summed E-state index contributed by atoms with van der Waals surface area (Å²) in [6.45, 7) is 0.389. The van der Waals surface area contributed by atoms with E-state index in [0.29, 0.717) is 13.0 Å². The normalized spacial score (nSPS) is 25.4. The monoisotopic (exact) mass is 334 g/mol. The first-order valence-corrected chi connectivity index (χ1v) is 7.97. The Labute approximate surface area is 138 Å². The SMILES string of the molecule is O=C(NCC(=O)N1C[C@@H]2CCC[C@@]2(C(=O)O)C1)c1cccc(F)c1. The average molecular weight is 334 g/mol. The molecule has 2 aliphatic rings. The van der Waals surface area contributed by atoms with E-state index in [1.165, 1.54) is 23.1 Å². The summed E-state index contributed by atoms with van der Waals surface area (Å²) in [5, 5.41) is 12.0. The second-order valence-electron chi connectivity index (χ2n) is 6.52. The predicted molar refractivity (Wildman–Crippen MR) is 82.7 cm³/mol. The molecule has 0 unspecified atom stereocenters. The van der Waals surface area contributed by atoms with Crippen LogP contribution in [0.1, 0.15) is 29.6 Å². The van der Waals surface area contributed by atoms with Crippen molar-refractivity contribution in [3.63, 3.8) is 0 Å². The van der Waals surface area contributed by atoms with Gasteiger partial charge in [-0.15, -0.1) is 0 Å². The Balaban J connectivity index is 1.58. The molecule has 7 heteroatoms. The number of nitrogens with zero attached hydrogens (tertiary/aromatic N) is 1. The smallest absolute Gasteiger partial charge is 0.311 e. The summed E-state index contributed by atoms with van der Waals surface area (Å²) in [5.41, 5.74) is -0.689. The fourth-order valence-corrected chi connectivity index (χ4v) is 3.83. The molecule has 2 N–H and O–H groups in total. The number of carbonyl (C=O) groups excluding carboxylic acids is 2. The molecule has 6 nitrogen and oxygen atoms in total.